The molecule has 0 aromatic carbocycles. The molecule has 1 saturated heterocycles. The molecule has 1 aliphatic heterocycles. The minimum atomic E-state index is 0.398. The van der Waals surface area contributed by atoms with Gasteiger partial charge in [-0.1, -0.05) is 5.16 Å². The highest BCUT2D eigenvalue weighted by Gasteiger charge is 2.26. The van der Waals surface area contributed by atoms with Crippen molar-refractivity contribution in [3.63, 3.8) is 0 Å². The molecule has 1 aromatic rings. The Morgan fingerprint density at radius 1 is 1.54 bits per heavy atom. The molecule has 0 amide bonds. The average molecular weight is 181 g/mol. The Bertz CT molecular complexity index is 284. The molecule has 1 aliphatic rings. The standard InChI is InChI=1S/C9H15N3O/c1-6-8(4-3-5-10-6)9-11-7(2)12-13-9/h6,8,10H,3-5H2,1-2H3/t6-,8-/m0/s1. The molecule has 0 spiro atoms. The van der Waals surface area contributed by atoms with Crippen LogP contribution in [0.15, 0.2) is 4.52 Å². The molecule has 13 heavy (non-hydrogen) atoms. The Morgan fingerprint density at radius 3 is 3.00 bits per heavy atom. The van der Waals surface area contributed by atoms with E-state index in [0.717, 1.165) is 24.7 Å². The summed E-state index contributed by atoms with van der Waals surface area (Å²) in [7, 11) is 0. The zero-order valence-corrected chi connectivity index (χ0v) is 8.08. The Morgan fingerprint density at radius 2 is 2.38 bits per heavy atom. The highest BCUT2D eigenvalue weighted by Crippen LogP contribution is 2.26. The minimum absolute atomic E-state index is 0.398. The summed E-state index contributed by atoms with van der Waals surface area (Å²) >= 11 is 0. The summed E-state index contributed by atoms with van der Waals surface area (Å²) < 4.78 is 5.17. The van der Waals surface area contributed by atoms with Crippen molar-refractivity contribution in [2.24, 2.45) is 0 Å². The van der Waals surface area contributed by atoms with E-state index < -0.39 is 0 Å². The molecule has 4 heteroatoms. The number of piperidine rings is 1. The normalized spacial score (nSPS) is 29.1. The highest BCUT2D eigenvalue weighted by molar-refractivity contribution is 4.99. The van der Waals surface area contributed by atoms with E-state index in [4.69, 9.17) is 4.52 Å². The number of hydrogen-bond donors (Lipinski definition) is 1. The maximum absolute atomic E-state index is 5.17. The van der Waals surface area contributed by atoms with Gasteiger partial charge in [0, 0.05) is 6.04 Å². The number of aryl methyl sites for hydroxylation is 1. The third-order valence-electron chi connectivity index (χ3n) is 2.62. The van der Waals surface area contributed by atoms with Gasteiger partial charge in [0.1, 0.15) is 0 Å². The van der Waals surface area contributed by atoms with Crippen molar-refractivity contribution >= 4 is 0 Å². The van der Waals surface area contributed by atoms with Crippen LogP contribution in [0.4, 0.5) is 0 Å². The van der Waals surface area contributed by atoms with E-state index in [1.54, 1.807) is 0 Å². The second-order valence-corrected chi connectivity index (χ2v) is 3.67. The molecular formula is C9H15N3O. The first-order valence-electron chi connectivity index (χ1n) is 4.81. The summed E-state index contributed by atoms with van der Waals surface area (Å²) in [6.07, 6.45) is 2.34. The highest BCUT2D eigenvalue weighted by atomic mass is 16.5. The van der Waals surface area contributed by atoms with Gasteiger partial charge in [0.05, 0.1) is 5.92 Å². The van der Waals surface area contributed by atoms with Gasteiger partial charge in [-0.25, -0.2) is 0 Å². The summed E-state index contributed by atoms with van der Waals surface area (Å²) in [5, 5.41) is 7.22. The number of nitrogens with one attached hydrogen (secondary N) is 1. The lowest BCUT2D eigenvalue weighted by atomic mass is 9.92. The van der Waals surface area contributed by atoms with Gasteiger partial charge in [0.2, 0.25) is 5.89 Å². The molecule has 2 rings (SSSR count). The van der Waals surface area contributed by atoms with Gasteiger partial charge >= 0.3 is 0 Å². The van der Waals surface area contributed by atoms with Crippen molar-refractivity contribution < 1.29 is 4.52 Å². The van der Waals surface area contributed by atoms with Crippen molar-refractivity contribution in [3.05, 3.63) is 11.7 Å². The summed E-state index contributed by atoms with van der Waals surface area (Å²) in [5.74, 6) is 1.92. The molecule has 0 saturated carbocycles. The monoisotopic (exact) mass is 181 g/mol. The number of rotatable bonds is 1. The second-order valence-electron chi connectivity index (χ2n) is 3.67. The zero-order chi connectivity index (χ0) is 9.26. The first kappa shape index (κ1) is 8.69. The molecule has 2 heterocycles. The van der Waals surface area contributed by atoms with Crippen LogP contribution in [0.25, 0.3) is 0 Å². The lowest BCUT2D eigenvalue weighted by molar-refractivity contribution is 0.283. The Balaban J connectivity index is 2.14. The fraction of sp³-hybridized carbons (Fsp3) is 0.778. The van der Waals surface area contributed by atoms with Crippen LogP contribution in [-0.4, -0.2) is 22.7 Å². The second kappa shape index (κ2) is 3.46. The molecular weight excluding hydrogens is 166 g/mol. The SMILES string of the molecule is Cc1noc([C@H]2CCCN[C@H]2C)n1. The van der Waals surface area contributed by atoms with Crippen LogP contribution in [0.1, 0.15) is 37.4 Å². The number of nitrogens with zero attached hydrogens (tertiary/aromatic N) is 2. The van der Waals surface area contributed by atoms with Crippen molar-refractivity contribution in [1.29, 1.82) is 0 Å². The van der Waals surface area contributed by atoms with E-state index in [0.29, 0.717) is 12.0 Å². The predicted molar refractivity (Wildman–Crippen MR) is 48.5 cm³/mol. The van der Waals surface area contributed by atoms with Crippen LogP contribution in [0.5, 0.6) is 0 Å². The lowest BCUT2D eigenvalue weighted by Crippen LogP contribution is -2.37. The van der Waals surface area contributed by atoms with Gasteiger partial charge in [-0.05, 0) is 33.2 Å². The van der Waals surface area contributed by atoms with Crippen LogP contribution in [-0.2, 0) is 0 Å². The molecule has 1 fully saturated rings. The molecule has 0 bridgehead atoms. The maximum atomic E-state index is 5.17. The fourth-order valence-corrected chi connectivity index (χ4v) is 1.85. The number of hydrogen-bond acceptors (Lipinski definition) is 4. The Labute approximate surface area is 77.7 Å². The van der Waals surface area contributed by atoms with Crippen molar-refractivity contribution in [2.75, 3.05) is 6.54 Å². The zero-order valence-electron chi connectivity index (χ0n) is 8.08. The topological polar surface area (TPSA) is 51.0 Å². The van der Waals surface area contributed by atoms with Gasteiger partial charge in [-0.2, -0.15) is 4.98 Å². The van der Waals surface area contributed by atoms with Crippen LogP contribution in [0, 0.1) is 6.92 Å². The smallest absolute Gasteiger partial charge is 0.231 e. The summed E-state index contributed by atoms with van der Waals surface area (Å²) in [6.45, 7) is 5.13. The fourth-order valence-electron chi connectivity index (χ4n) is 1.85. The molecule has 2 atom stereocenters. The van der Waals surface area contributed by atoms with E-state index in [-0.39, 0.29) is 0 Å². The first-order chi connectivity index (χ1) is 6.27. The summed E-state index contributed by atoms with van der Waals surface area (Å²) in [4.78, 5) is 4.27. The third-order valence-corrected chi connectivity index (χ3v) is 2.62. The third kappa shape index (κ3) is 1.72. The summed E-state index contributed by atoms with van der Waals surface area (Å²) in [5.41, 5.74) is 0. The van der Waals surface area contributed by atoms with Crippen molar-refractivity contribution in [2.45, 2.75) is 38.6 Å². The van der Waals surface area contributed by atoms with Gasteiger partial charge in [0.15, 0.2) is 5.82 Å². The molecule has 72 valence electrons. The van der Waals surface area contributed by atoms with Crippen LogP contribution in [0.3, 0.4) is 0 Å². The lowest BCUT2D eigenvalue weighted by Gasteiger charge is -2.26. The molecule has 0 unspecified atom stereocenters. The van der Waals surface area contributed by atoms with Crippen molar-refractivity contribution in [3.8, 4) is 0 Å². The summed E-state index contributed by atoms with van der Waals surface area (Å²) in [6, 6.07) is 0.452. The predicted octanol–water partition coefficient (Wildman–Crippen LogP) is 1.23. The molecule has 1 N–H and O–H groups in total. The maximum Gasteiger partial charge on any atom is 0.231 e. The van der Waals surface area contributed by atoms with E-state index >= 15 is 0 Å². The molecule has 4 nitrogen and oxygen atoms in total. The molecule has 0 radical (unpaired) electrons. The number of aromatic nitrogens is 2. The van der Waals surface area contributed by atoms with Gasteiger partial charge < -0.3 is 9.84 Å². The molecule has 0 aliphatic carbocycles. The first-order valence-corrected chi connectivity index (χ1v) is 4.81. The van der Waals surface area contributed by atoms with Gasteiger partial charge in [0.25, 0.3) is 0 Å². The van der Waals surface area contributed by atoms with Crippen molar-refractivity contribution in [1.82, 2.24) is 15.5 Å². The van der Waals surface area contributed by atoms with E-state index in [9.17, 15) is 0 Å². The van der Waals surface area contributed by atoms with E-state index in [2.05, 4.69) is 22.4 Å². The van der Waals surface area contributed by atoms with Gasteiger partial charge in [-0.15, -0.1) is 0 Å². The van der Waals surface area contributed by atoms with Crippen LogP contribution < -0.4 is 5.32 Å². The molecule has 1 aromatic heterocycles. The van der Waals surface area contributed by atoms with E-state index in [1.165, 1.54) is 6.42 Å². The van der Waals surface area contributed by atoms with Gasteiger partial charge in [-0.3, -0.25) is 0 Å². The Kier molecular flexibility index (Phi) is 2.31. The van der Waals surface area contributed by atoms with Crippen LogP contribution in [0.2, 0.25) is 0 Å². The minimum Gasteiger partial charge on any atom is -0.339 e. The van der Waals surface area contributed by atoms with E-state index in [1.807, 2.05) is 6.92 Å². The Hall–Kier alpha value is -0.900. The quantitative estimate of drug-likeness (QED) is 0.708. The average Bonchev–Trinajstić information content (AvgIpc) is 2.53. The van der Waals surface area contributed by atoms with Crippen LogP contribution >= 0.6 is 0 Å². The largest absolute Gasteiger partial charge is 0.339 e.